The first-order chi connectivity index (χ1) is 14.3. The summed E-state index contributed by atoms with van der Waals surface area (Å²) in [5.41, 5.74) is 2.93. The smallest absolute Gasteiger partial charge is 0.266 e. The molecule has 1 saturated carbocycles. The van der Waals surface area contributed by atoms with E-state index in [0.29, 0.717) is 17.5 Å². The van der Waals surface area contributed by atoms with Crippen LogP contribution >= 0.6 is 22.7 Å². The average molecular weight is 423 g/mol. The number of aromatic nitrogens is 4. The Morgan fingerprint density at radius 3 is 2.97 bits per heavy atom. The second-order valence-electron chi connectivity index (χ2n) is 7.39. The van der Waals surface area contributed by atoms with Crippen molar-refractivity contribution >= 4 is 43.9 Å². The Morgan fingerprint density at radius 2 is 2.10 bits per heavy atom. The maximum atomic E-state index is 13.5. The fraction of sp³-hybridized carbons (Fsp3) is 0.300. The molecule has 9 heteroatoms. The summed E-state index contributed by atoms with van der Waals surface area (Å²) in [4.78, 5) is 33.0. The Bertz CT molecular complexity index is 1170. The topological polar surface area (TPSA) is 86.8 Å². The van der Waals surface area contributed by atoms with Gasteiger partial charge in [-0.05, 0) is 25.0 Å². The van der Waals surface area contributed by atoms with Gasteiger partial charge in [0, 0.05) is 24.7 Å². The number of aromatic amines is 1. The highest BCUT2D eigenvalue weighted by Crippen LogP contribution is 2.39. The highest BCUT2D eigenvalue weighted by atomic mass is 32.1. The molecule has 0 spiro atoms. The monoisotopic (exact) mass is 422 g/mol. The van der Waals surface area contributed by atoms with Crippen LogP contribution in [0.2, 0.25) is 0 Å². The number of para-hydroxylation sites is 1. The van der Waals surface area contributed by atoms with Crippen LogP contribution in [0.3, 0.4) is 0 Å². The van der Waals surface area contributed by atoms with Crippen LogP contribution in [0, 0.1) is 0 Å². The van der Waals surface area contributed by atoms with E-state index in [4.69, 9.17) is 4.98 Å². The van der Waals surface area contributed by atoms with Crippen LogP contribution < -0.4 is 5.32 Å². The number of fused-ring (bicyclic) bond motifs is 2. The lowest BCUT2D eigenvalue weighted by Gasteiger charge is -2.33. The first-order valence-corrected chi connectivity index (χ1v) is 11.3. The molecular formula is C20H18N6OS2. The largest absolute Gasteiger partial charge is 0.359 e. The minimum atomic E-state index is -0.281. The molecule has 29 heavy (non-hydrogen) atoms. The van der Waals surface area contributed by atoms with E-state index in [1.165, 1.54) is 24.2 Å². The third-order valence-corrected chi connectivity index (χ3v) is 7.36. The van der Waals surface area contributed by atoms with Crippen molar-refractivity contribution in [2.75, 3.05) is 11.9 Å². The molecule has 1 fully saturated rings. The molecular weight excluding hydrogens is 404 g/mol. The molecule has 7 nitrogen and oxygen atoms in total. The molecule has 2 aliphatic rings. The Balaban J connectivity index is 1.38. The van der Waals surface area contributed by atoms with Gasteiger partial charge in [-0.15, -0.1) is 11.3 Å². The lowest BCUT2D eigenvalue weighted by atomic mass is 10.0. The predicted octanol–water partition coefficient (Wildman–Crippen LogP) is 3.84. The highest BCUT2D eigenvalue weighted by molar-refractivity contribution is 7.18. The first-order valence-electron chi connectivity index (χ1n) is 9.67. The molecule has 6 rings (SSSR count). The van der Waals surface area contributed by atoms with E-state index < -0.39 is 0 Å². The Labute approximate surface area is 174 Å². The van der Waals surface area contributed by atoms with Gasteiger partial charge in [0.25, 0.3) is 5.91 Å². The average Bonchev–Trinajstić information content (AvgIpc) is 3.15. The highest BCUT2D eigenvalue weighted by Gasteiger charge is 2.37. The van der Waals surface area contributed by atoms with Crippen molar-refractivity contribution < 1.29 is 4.79 Å². The molecule has 0 bridgehead atoms. The molecule has 1 aromatic carbocycles. The van der Waals surface area contributed by atoms with Crippen LogP contribution in [0.15, 0.2) is 36.8 Å². The molecule has 2 N–H and O–H groups in total. The van der Waals surface area contributed by atoms with Crippen LogP contribution in [-0.4, -0.2) is 43.3 Å². The van der Waals surface area contributed by atoms with Crippen LogP contribution in [-0.2, 0) is 6.42 Å². The van der Waals surface area contributed by atoms with E-state index in [2.05, 4.69) is 26.3 Å². The van der Waals surface area contributed by atoms with Crippen molar-refractivity contribution in [2.45, 2.75) is 31.3 Å². The van der Waals surface area contributed by atoms with E-state index >= 15 is 0 Å². The number of hydrogen-bond donors (Lipinski definition) is 2. The van der Waals surface area contributed by atoms with Crippen LogP contribution in [0.5, 0.6) is 0 Å². The molecule has 0 radical (unpaired) electrons. The Morgan fingerprint density at radius 1 is 1.21 bits per heavy atom. The Hall–Kier alpha value is -2.78. The van der Waals surface area contributed by atoms with E-state index in [9.17, 15) is 4.79 Å². The van der Waals surface area contributed by atoms with Gasteiger partial charge in [-0.3, -0.25) is 4.79 Å². The molecule has 146 valence electrons. The third kappa shape index (κ3) is 3.01. The van der Waals surface area contributed by atoms with E-state index in [-0.39, 0.29) is 11.9 Å². The number of benzene rings is 1. The van der Waals surface area contributed by atoms with Crippen LogP contribution in [0.25, 0.3) is 10.2 Å². The summed E-state index contributed by atoms with van der Waals surface area (Å²) in [5, 5.41) is 5.10. The summed E-state index contributed by atoms with van der Waals surface area (Å²) in [6, 6.07) is 8.31. The number of carbonyl (C=O) groups is 1. The lowest BCUT2D eigenvalue weighted by Crippen LogP contribution is -2.40. The molecule has 4 aromatic rings. The number of amides is 1. The van der Waals surface area contributed by atoms with Crippen LogP contribution in [0.1, 0.15) is 45.0 Å². The van der Waals surface area contributed by atoms with Gasteiger partial charge in [0.05, 0.1) is 28.4 Å². The molecule has 0 saturated heterocycles. The third-order valence-electron chi connectivity index (χ3n) is 5.35. The second-order valence-corrected chi connectivity index (χ2v) is 9.48. The number of rotatable bonds is 4. The SMILES string of the molecule is O=C(c1cnc(NC2CC2)s1)N1CCc2[nH]cnc2[C@H]1c1nc2ccccc2s1. The number of anilines is 1. The van der Waals surface area contributed by atoms with Crippen molar-refractivity contribution in [1.82, 2.24) is 24.8 Å². The Kier molecular flexibility index (Phi) is 3.91. The van der Waals surface area contributed by atoms with Crippen molar-refractivity contribution in [3.8, 4) is 0 Å². The predicted molar refractivity (Wildman–Crippen MR) is 114 cm³/mol. The molecule has 1 amide bonds. The normalized spacial score (nSPS) is 18.8. The molecule has 1 atom stereocenters. The molecule has 3 aromatic heterocycles. The number of nitrogens with zero attached hydrogens (tertiary/aromatic N) is 4. The fourth-order valence-corrected chi connectivity index (χ4v) is 5.67. The van der Waals surface area contributed by atoms with Crippen LogP contribution in [0.4, 0.5) is 5.13 Å². The number of carbonyl (C=O) groups excluding carboxylic acids is 1. The van der Waals surface area contributed by atoms with Gasteiger partial charge in [0.15, 0.2) is 5.13 Å². The second kappa shape index (κ2) is 6.64. The van der Waals surface area contributed by atoms with Crippen molar-refractivity contribution in [3.05, 3.63) is 58.1 Å². The zero-order chi connectivity index (χ0) is 19.4. The summed E-state index contributed by atoms with van der Waals surface area (Å²) in [5.74, 6) is -0.00995. The summed E-state index contributed by atoms with van der Waals surface area (Å²) < 4.78 is 1.12. The number of nitrogens with one attached hydrogen (secondary N) is 2. The number of H-pyrrole nitrogens is 1. The molecule has 4 heterocycles. The summed E-state index contributed by atoms with van der Waals surface area (Å²) >= 11 is 3.06. The van der Waals surface area contributed by atoms with Gasteiger partial charge in [0.1, 0.15) is 15.9 Å². The minimum absolute atomic E-state index is 0.00995. The van der Waals surface area contributed by atoms with Gasteiger partial charge >= 0.3 is 0 Å². The maximum absolute atomic E-state index is 13.5. The van der Waals surface area contributed by atoms with Gasteiger partial charge < -0.3 is 15.2 Å². The lowest BCUT2D eigenvalue weighted by molar-refractivity contribution is 0.0695. The van der Waals surface area contributed by atoms with E-state index in [1.54, 1.807) is 23.9 Å². The van der Waals surface area contributed by atoms with Crippen molar-refractivity contribution in [2.24, 2.45) is 0 Å². The summed E-state index contributed by atoms with van der Waals surface area (Å²) in [6.45, 7) is 0.623. The number of imidazole rings is 1. The van der Waals surface area contributed by atoms with Gasteiger partial charge in [-0.1, -0.05) is 23.5 Å². The van der Waals surface area contributed by atoms with Crippen molar-refractivity contribution in [3.63, 3.8) is 0 Å². The van der Waals surface area contributed by atoms with Gasteiger partial charge in [0.2, 0.25) is 0 Å². The first kappa shape index (κ1) is 17.1. The number of thiazole rings is 2. The quantitative estimate of drug-likeness (QED) is 0.522. The summed E-state index contributed by atoms with van der Waals surface area (Å²) in [7, 11) is 0. The minimum Gasteiger partial charge on any atom is -0.359 e. The molecule has 0 unspecified atom stereocenters. The number of hydrogen-bond acceptors (Lipinski definition) is 7. The fourth-order valence-electron chi connectivity index (χ4n) is 3.74. The molecule has 1 aliphatic carbocycles. The van der Waals surface area contributed by atoms with Gasteiger partial charge in [-0.25, -0.2) is 15.0 Å². The van der Waals surface area contributed by atoms with E-state index in [0.717, 1.165) is 38.2 Å². The van der Waals surface area contributed by atoms with Gasteiger partial charge in [-0.2, -0.15) is 0 Å². The maximum Gasteiger partial charge on any atom is 0.266 e. The molecule has 1 aliphatic heterocycles. The zero-order valence-corrected chi connectivity index (χ0v) is 17.1. The zero-order valence-electron chi connectivity index (χ0n) is 15.5. The standard InChI is InChI=1S/C20H18N6OS2/c27-19(15-9-21-20(29-15)24-11-5-6-11)26-8-7-13-16(23-10-22-13)17(26)18-25-12-3-1-2-4-14(12)28-18/h1-4,9-11,17H,5-8H2,(H,21,24)(H,22,23)/t17-/m0/s1. The van der Waals surface area contributed by atoms with Crippen molar-refractivity contribution in [1.29, 1.82) is 0 Å². The summed E-state index contributed by atoms with van der Waals surface area (Å²) in [6.07, 6.45) is 6.51. The van der Waals surface area contributed by atoms with E-state index in [1.807, 2.05) is 23.1 Å².